The Bertz CT molecular complexity index is 416. The van der Waals surface area contributed by atoms with Gasteiger partial charge in [0, 0.05) is 12.0 Å². The van der Waals surface area contributed by atoms with Crippen LogP contribution in [0.2, 0.25) is 0 Å². The Labute approximate surface area is 101 Å². The standard InChI is InChI=1S/C14H17FO2/c1-11(2)17-10-13-7-12(5-3-4-6-16)8-14(15)9-13/h7-9,11,16H,4,6,10H2,1-2H3. The van der Waals surface area contributed by atoms with Gasteiger partial charge >= 0.3 is 0 Å². The van der Waals surface area contributed by atoms with E-state index in [9.17, 15) is 4.39 Å². The number of hydrogen-bond acceptors (Lipinski definition) is 2. The van der Waals surface area contributed by atoms with Crippen molar-refractivity contribution in [2.45, 2.75) is 33.0 Å². The molecule has 0 aromatic heterocycles. The Kier molecular flexibility index (Phi) is 5.68. The summed E-state index contributed by atoms with van der Waals surface area (Å²) in [5.41, 5.74) is 1.38. The third-order valence-electron chi connectivity index (χ3n) is 2.01. The van der Waals surface area contributed by atoms with E-state index in [1.807, 2.05) is 13.8 Å². The van der Waals surface area contributed by atoms with E-state index in [-0.39, 0.29) is 18.5 Å². The molecule has 92 valence electrons. The van der Waals surface area contributed by atoms with Crippen molar-refractivity contribution < 1.29 is 14.2 Å². The monoisotopic (exact) mass is 236 g/mol. The summed E-state index contributed by atoms with van der Waals surface area (Å²) in [5.74, 6) is 5.26. The van der Waals surface area contributed by atoms with Crippen molar-refractivity contribution in [1.82, 2.24) is 0 Å². The molecule has 1 aromatic rings. The lowest BCUT2D eigenvalue weighted by Gasteiger charge is -2.07. The molecule has 0 aliphatic rings. The van der Waals surface area contributed by atoms with Gasteiger partial charge in [0.05, 0.1) is 19.3 Å². The first-order chi connectivity index (χ1) is 8.11. The van der Waals surface area contributed by atoms with Gasteiger partial charge in [0.25, 0.3) is 0 Å². The number of benzene rings is 1. The summed E-state index contributed by atoms with van der Waals surface area (Å²) in [5, 5.41) is 8.60. The van der Waals surface area contributed by atoms with E-state index < -0.39 is 0 Å². The van der Waals surface area contributed by atoms with Crippen LogP contribution < -0.4 is 0 Å². The highest BCUT2D eigenvalue weighted by atomic mass is 19.1. The lowest BCUT2D eigenvalue weighted by Crippen LogP contribution is -2.02. The van der Waals surface area contributed by atoms with E-state index in [0.717, 1.165) is 5.56 Å². The van der Waals surface area contributed by atoms with Gasteiger partial charge < -0.3 is 9.84 Å². The topological polar surface area (TPSA) is 29.5 Å². The molecule has 0 radical (unpaired) electrons. The summed E-state index contributed by atoms with van der Waals surface area (Å²) in [6.45, 7) is 4.26. The summed E-state index contributed by atoms with van der Waals surface area (Å²) < 4.78 is 18.7. The summed E-state index contributed by atoms with van der Waals surface area (Å²) in [6, 6.07) is 4.62. The van der Waals surface area contributed by atoms with Gasteiger partial charge in [0.1, 0.15) is 5.82 Å². The Morgan fingerprint density at radius 1 is 1.35 bits per heavy atom. The van der Waals surface area contributed by atoms with Gasteiger partial charge in [-0.05, 0) is 37.6 Å². The molecule has 0 fully saturated rings. The number of hydrogen-bond donors (Lipinski definition) is 1. The van der Waals surface area contributed by atoms with Crippen molar-refractivity contribution >= 4 is 0 Å². The molecule has 1 aromatic carbocycles. The van der Waals surface area contributed by atoms with Gasteiger partial charge in [0.2, 0.25) is 0 Å². The van der Waals surface area contributed by atoms with Gasteiger partial charge in [-0.2, -0.15) is 0 Å². The van der Waals surface area contributed by atoms with E-state index in [2.05, 4.69) is 11.8 Å². The van der Waals surface area contributed by atoms with Crippen LogP contribution in [0.15, 0.2) is 18.2 Å². The van der Waals surface area contributed by atoms with Crippen LogP contribution in [0.3, 0.4) is 0 Å². The van der Waals surface area contributed by atoms with E-state index in [1.165, 1.54) is 12.1 Å². The Morgan fingerprint density at radius 3 is 2.76 bits per heavy atom. The zero-order valence-corrected chi connectivity index (χ0v) is 10.2. The third-order valence-corrected chi connectivity index (χ3v) is 2.01. The van der Waals surface area contributed by atoms with Crippen LogP contribution in [-0.2, 0) is 11.3 Å². The zero-order chi connectivity index (χ0) is 12.7. The van der Waals surface area contributed by atoms with Crippen LogP contribution in [0.4, 0.5) is 4.39 Å². The summed E-state index contributed by atoms with van der Waals surface area (Å²) >= 11 is 0. The maximum absolute atomic E-state index is 13.3. The van der Waals surface area contributed by atoms with E-state index in [1.54, 1.807) is 6.07 Å². The predicted octanol–water partition coefficient (Wildman–Crippen LogP) is 2.48. The normalized spacial score (nSPS) is 10.2. The lowest BCUT2D eigenvalue weighted by atomic mass is 10.1. The Balaban J connectivity index is 2.76. The van der Waals surface area contributed by atoms with Gasteiger partial charge in [-0.25, -0.2) is 4.39 Å². The summed E-state index contributed by atoms with van der Waals surface area (Å²) in [6.07, 6.45) is 0.510. The van der Waals surface area contributed by atoms with Crippen LogP contribution in [0.1, 0.15) is 31.4 Å². The van der Waals surface area contributed by atoms with Crippen molar-refractivity contribution in [3.05, 3.63) is 35.1 Å². The molecule has 0 bridgehead atoms. The first kappa shape index (κ1) is 13.7. The molecule has 0 aliphatic carbocycles. The summed E-state index contributed by atoms with van der Waals surface area (Å²) in [7, 11) is 0. The molecule has 0 aliphatic heterocycles. The Morgan fingerprint density at radius 2 is 2.12 bits per heavy atom. The zero-order valence-electron chi connectivity index (χ0n) is 10.2. The SMILES string of the molecule is CC(C)OCc1cc(F)cc(C#CCCO)c1. The maximum Gasteiger partial charge on any atom is 0.124 e. The van der Waals surface area contributed by atoms with Gasteiger partial charge in [-0.1, -0.05) is 11.8 Å². The van der Waals surface area contributed by atoms with Crippen LogP contribution in [-0.4, -0.2) is 17.8 Å². The highest BCUT2D eigenvalue weighted by Gasteiger charge is 2.01. The minimum Gasteiger partial charge on any atom is -0.395 e. The van der Waals surface area contributed by atoms with Crippen LogP contribution in [0, 0.1) is 17.7 Å². The number of aliphatic hydroxyl groups excluding tert-OH is 1. The van der Waals surface area contributed by atoms with E-state index in [4.69, 9.17) is 9.84 Å². The average molecular weight is 236 g/mol. The average Bonchev–Trinajstić information content (AvgIpc) is 2.26. The number of halogens is 1. The van der Waals surface area contributed by atoms with Crippen LogP contribution >= 0.6 is 0 Å². The molecule has 0 saturated heterocycles. The molecular weight excluding hydrogens is 219 g/mol. The molecule has 1 N–H and O–H groups in total. The van der Waals surface area contributed by atoms with Crippen LogP contribution in [0.25, 0.3) is 0 Å². The molecule has 0 unspecified atom stereocenters. The second kappa shape index (κ2) is 7.05. The highest BCUT2D eigenvalue weighted by Crippen LogP contribution is 2.10. The lowest BCUT2D eigenvalue weighted by molar-refractivity contribution is 0.0655. The van der Waals surface area contributed by atoms with Crippen molar-refractivity contribution in [2.24, 2.45) is 0 Å². The second-order valence-corrected chi connectivity index (χ2v) is 3.98. The number of aliphatic hydroxyl groups is 1. The molecule has 0 spiro atoms. The van der Waals surface area contributed by atoms with E-state index in [0.29, 0.717) is 18.6 Å². The fourth-order valence-corrected chi connectivity index (χ4v) is 1.29. The molecule has 0 atom stereocenters. The van der Waals surface area contributed by atoms with Gasteiger partial charge in [-0.3, -0.25) is 0 Å². The van der Waals surface area contributed by atoms with Crippen molar-refractivity contribution in [2.75, 3.05) is 6.61 Å². The molecule has 1 rings (SSSR count). The van der Waals surface area contributed by atoms with Crippen LogP contribution in [0.5, 0.6) is 0 Å². The molecule has 0 amide bonds. The second-order valence-electron chi connectivity index (χ2n) is 3.98. The quantitative estimate of drug-likeness (QED) is 0.814. The largest absolute Gasteiger partial charge is 0.395 e. The Hall–Kier alpha value is -1.37. The number of ether oxygens (including phenoxy) is 1. The first-order valence-corrected chi connectivity index (χ1v) is 5.62. The minimum atomic E-state index is -0.317. The fourth-order valence-electron chi connectivity index (χ4n) is 1.29. The van der Waals surface area contributed by atoms with Crippen molar-refractivity contribution in [1.29, 1.82) is 0 Å². The van der Waals surface area contributed by atoms with E-state index >= 15 is 0 Å². The van der Waals surface area contributed by atoms with Gasteiger partial charge in [-0.15, -0.1) is 0 Å². The maximum atomic E-state index is 13.3. The van der Waals surface area contributed by atoms with Crippen molar-refractivity contribution in [3.63, 3.8) is 0 Å². The molecule has 17 heavy (non-hydrogen) atoms. The molecule has 2 nitrogen and oxygen atoms in total. The highest BCUT2D eigenvalue weighted by molar-refractivity contribution is 5.37. The molecule has 0 heterocycles. The smallest absolute Gasteiger partial charge is 0.124 e. The molecule has 0 saturated carbocycles. The third kappa shape index (κ3) is 5.48. The summed E-state index contributed by atoms with van der Waals surface area (Å²) in [4.78, 5) is 0. The minimum absolute atomic E-state index is 0.0195. The van der Waals surface area contributed by atoms with Gasteiger partial charge in [0.15, 0.2) is 0 Å². The first-order valence-electron chi connectivity index (χ1n) is 5.62. The van der Waals surface area contributed by atoms with Crippen molar-refractivity contribution in [3.8, 4) is 11.8 Å². The number of rotatable bonds is 4. The molecule has 3 heteroatoms. The molecular formula is C14H17FO2. The predicted molar refractivity (Wildman–Crippen MR) is 64.9 cm³/mol. The fraction of sp³-hybridized carbons (Fsp3) is 0.429.